The van der Waals surface area contributed by atoms with Crippen LogP contribution in [-0.2, 0) is 10.2 Å². The molecule has 3 unspecified atom stereocenters. The van der Waals surface area contributed by atoms with Crippen LogP contribution in [-0.4, -0.2) is 11.1 Å². The zero-order valence-corrected chi connectivity index (χ0v) is 22.3. The Kier molecular flexibility index (Phi) is 11.5. The Morgan fingerprint density at radius 1 is 0.800 bits per heavy atom. The van der Waals surface area contributed by atoms with Crippen LogP contribution < -0.4 is 0 Å². The molecule has 0 radical (unpaired) electrons. The molecule has 3 nitrogen and oxygen atoms in total. The van der Waals surface area contributed by atoms with Crippen LogP contribution in [0.2, 0.25) is 0 Å². The molecule has 0 saturated heterocycles. The Hall–Kier alpha value is -2.60. The van der Waals surface area contributed by atoms with Crippen molar-refractivity contribution in [3.8, 4) is 6.07 Å². The zero-order valence-electron chi connectivity index (χ0n) is 22.3. The average molecular weight is 476 g/mol. The van der Waals surface area contributed by atoms with Crippen molar-refractivity contribution in [1.82, 2.24) is 0 Å². The molecule has 0 heterocycles. The molecule has 0 saturated carbocycles. The minimum atomic E-state index is -1.57. The molecule has 0 bridgehead atoms. The fourth-order valence-corrected chi connectivity index (χ4v) is 5.90. The van der Waals surface area contributed by atoms with Crippen molar-refractivity contribution in [3.63, 3.8) is 0 Å². The molecule has 190 valence electrons. The maximum atomic E-state index is 13.4. The van der Waals surface area contributed by atoms with Crippen molar-refractivity contribution in [2.24, 2.45) is 17.3 Å². The van der Waals surface area contributed by atoms with E-state index in [1.807, 2.05) is 60.7 Å². The van der Waals surface area contributed by atoms with Crippen LogP contribution in [0.4, 0.5) is 0 Å². The van der Waals surface area contributed by atoms with Crippen LogP contribution >= 0.6 is 0 Å². The third-order valence-corrected chi connectivity index (χ3v) is 8.09. The van der Waals surface area contributed by atoms with E-state index in [9.17, 15) is 15.2 Å². The molecule has 0 amide bonds. The summed E-state index contributed by atoms with van der Waals surface area (Å²) in [7, 11) is 0. The summed E-state index contributed by atoms with van der Waals surface area (Å²) in [6.45, 7) is 8.70. The van der Waals surface area contributed by atoms with Gasteiger partial charge in [0.25, 0.3) is 0 Å². The van der Waals surface area contributed by atoms with E-state index in [4.69, 9.17) is 0 Å². The lowest BCUT2D eigenvalue weighted by molar-refractivity contribution is -0.150. The first-order valence-corrected chi connectivity index (χ1v) is 13.7. The Bertz CT molecular complexity index is 878. The van der Waals surface area contributed by atoms with Gasteiger partial charge in [-0.1, -0.05) is 140 Å². The van der Waals surface area contributed by atoms with E-state index in [1.165, 1.54) is 0 Å². The average Bonchev–Trinajstić information content (AvgIpc) is 2.90. The van der Waals surface area contributed by atoms with Crippen molar-refractivity contribution in [2.45, 2.75) is 97.3 Å². The highest BCUT2D eigenvalue weighted by Gasteiger charge is 2.60. The molecule has 0 fully saturated rings. The molecule has 0 aliphatic carbocycles. The SMILES string of the molecule is CCCCC(CC)CC(C#N)(C(=O)O)C(CC(CC)CCCC)(c1ccccc1)c1ccccc1. The van der Waals surface area contributed by atoms with E-state index < -0.39 is 16.8 Å². The number of hydrogen-bond donors (Lipinski definition) is 1. The number of nitriles is 1. The van der Waals surface area contributed by atoms with Gasteiger partial charge in [-0.05, 0) is 35.8 Å². The first-order chi connectivity index (χ1) is 16.9. The smallest absolute Gasteiger partial charge is 0.325 e. The fourth-order valence-electron chi connectivity index (χ4n) is 5.90. The van der Waals surface area contributed by atoms with Crippen molar-refractivity contribution >= 4 is 5.97 Å². The normalized spacial score (nSPS) is 15.1. The number of carboxylic acid groups (broad SMARTS) is 1. The second kappa shape index (κ2) is 14.1. The maximum absolute atomic E-state index is 13.4. The van der Waals surface area contributed by atoms with Crippen LogP contribution in [0.3, 0.4) is 0 Å². The monoisotopic (exact) mass is 475 g/mol. The largest absolute Gasteiger partial charge is 0.480 e. The molecular formula is C32H45NO2. The zero-order chi connectivity index (χ0) is 25.7. The molecule has 0 aliphatic rings. The molecule has 0 spiro atoms. The highest BCUT2D eigenvalue weighted by Crippen LogP contribution is 2.55. The van der Waals surface area contributed by atoms with Gasteiger partial charge >= 0.3 is 5.97 Å². The number of benzene rings is 2. The number of hydrogen-bond acceptors (Lipinski definition) is 2. The summed E-state index contributed by atoms with van der Waals surface area (Å²) in [5.74, 6) is -0.473. The first-order valence-electron chi connectivity index (χ1n) is 13.7. The standard InChI is InChI=1S/C32H45NO2/c1-5-9-17-26(7-3)23-31(25-33,30(34)35)32(28-19-13-11-14-20-28,29-21-15-12-16-22-29)24-27(8-4)18-10-6-2/h11-16,19-22,26-27H,5-10,17-18,23-24H2,1-4H3,(H,34,35). The summed E-state index contributed by atoms with van der Waals surface area (Å²) < 4.78 is 0. The number of nitrogens with zero attached hydrogens (tertiary/aromatic N) is 1. The van der Waals surface area contributed by atoms with Crippen molar-refractivity contribution in [3.05, 3.63) is 71.8 Å². The van der Waals surface area contributed by atoms with Crippen molar-refractivity contribution in [2.75, 3.05) is 0 Å². The van der Waals surface area contributed by atoms with Gasteiger partial charge in [0.2, 0.25) is 0 Å². The molecule has 0 aliphatic heterocycles. The summed E-state index contributed by atoms with van der Waals surface area (Å²) in [6, 6.07) is 22.5. The van der Waals surface area contributed by atoms with E-state index in [-0.39, 0.29) is 5.92 Å². The number of rotatable bonds is 16. The molecule has 0 aromatic heterocycles. The topological polar surface area (TPSA) is 61.1 Å². The lowest BCUT2D eigenvalue weighted by Crippen LogP contribution is -2.53. The van der Waals surface area contributed by atoms with Crippen LogP contribution in [0.5, 0.6) is 0 Å². The van der Waals surface area contributed by atoms with Gasteiger partial charge in [-0.15, -0.1) is 0 Å². The first kappa shape index (κ1) is 28.6. The summed E-state index contributed by atoms with van der Waals surface area (Å²) in [5, 5.41) is 21.9. The molecule has 35 heavy (non-hydrogen) atoms. The lowest BCUT2D eigenvalue weighted by Gasteiger charge is -2.48. The van der Waals surface area contributed by atoms with Gasteiger partial charge in [0.15, 0.2) is 5.41 Å². The van der Waals surface area contributed by atoms with Gasteiger partial charge in [0, 0.05) is 5.41 Å². The van der Waals surface area contributed by atoms with Gasteiger partial charge in [-0.2, -0.15) is 5.26 Å². The number of carboxylic acids is 1. The Balaban J connectivity index is 2.89. The third-order valence-electron chi connectivity index (χ3n) is 8.09. The van der Waals surface area contributed by atoms with E-state index in [0.29, 0.717) is 18.8 Å². The summed E-state index contributed by atoms with van der Waals surface area (Å²) >= 11 is 0. The lowest BCUT2D eigenvalue weighted by atomic mass is 9.51. The summed E-state index contributed by atoms with van der Waals surface area (Å²) in [5.41, 5.74) is -0.626. The van der Waals surface area contributed by atoms with Gasteiger partial charge in [-0.3, -0.25) is 4.79 Å². The molecule has 2 aromatic rings. The summed E-state index contributed by atoms with van der Waals surface area (Å²) in [6.07, 6.45) is 9.21. The number of unbranched alkanes of at least 4 members (excludes halogenated alkanes) is 2. The van der Waals surface area contributed by atoms with Crippen LogP contribution in [0.25, 0.3) is 0 Å². The van der Waals surface area contributed by atoms with Gasteiger partial charge in [-0.25, -0.2) is 0 Å². The van der Waals surface area contributed by atoms with E-state index in [0.717, 1.165) is 62.5 Å². The van der Waals surface area contributed by atoms with Crippen molar-refractivity contribution < 1.29 is 9.90 Å². The molecule has 3 heteroatoms. The van der Waals surface area contributed by atoms with Gasteiger partial charge in [0.05, 0.1) is 6.07 Å². The summed E-state index contributed by atoms with van der Waals surface area (Å²) in [4.78, 5) is 13.4. The second-order valence-electron chi connectivity index (χ2n) is 10.2. The van der Waals surface area contributed by atoms with E-state index >= 15 is 0 Å². The predicted molar refractivity (Wildman–Crippen MR) is 145 cm³/mol. The number of carbonyl (C=O) groups is 1. The molecule has 1 N–H and O–H groups in total. The van der Waals surface area contributed by atoms with Gasteiger partial charge < -0.3 is 5.11 Å². The molecular weight excluding hydrogens is 430 g/mol. The van der Waals surface area contributed by atoms with Crippen LogP contribution in [0.1, 0.15) is 103 Å². The third kappa shape index (κ3) is 6.35. The minimum absolute atomic E-state index is 0.188. The Morgan fingerprint density at radius 2 is 1.23 bits per heavy atom. The number of aliphatic carboxylic acids is 1. The minimum Gasteiger partial charge on any atom is -0.480 e. The molecule has 3 atom stereocenters. The van der Waals surface area contributed by atoms with Crippen molar-refractivity contribution in [1.29, 1.82) is 5.26 Å². The Morgan fingerprint density at radius 3 is 1.57 bits per heavy atom. The highest BCUT2D eigenvalue weighted by molar-refractivity contribution is 5.82. The fraction of sp³-hybridized carbons (Fsp3) is 0.562. The van der Waals surface area contributed by atoms with Crippen LogP contribution in [0, 0.1) is 28.6 Å². The van der Waals surface area contributed by atoms with E-state index in [1.54, 1.807) is 0 Å². The quantitative estimate of drug-likeness (QED) is 0.264. The van der Waals surface area contributed by atoms with Gasteiger partial charge in [0.1, 0.15) is 0 Å². The Labute approximate surface area is 213 Å². The predicted octanol–water partition coefficient (Wildman–Crippen LogP) is 8.78. The second-order valence-corrected chi connectivity index (χ2v) is 10.2. The molecule has 2 aromatic carbocycles. The van der Waals surface area contributed by atoms with Crippen LogP contribution in [0.15, 0.2) is 60.7 Å². The van der Waals surface area contributed by atoms with E-state index in [2.05, 4.69) is 33.8 Å². The highest BCUT2D eigenvalue weighted by atomic mass is 16.4. The molecule has 2 rings (SSSR count). The maximum Gasteiger partial charge on any atom is 0.325 e.